The summed E-state index contributed by atoms with van der Waals surface area (Å²) in [4.78, 5) is 105. The molecule has 508 valence electrons. The van der Waals surface area contributed by atoms with Crippen molar-refractivity contribution in [1.82, 2.24) is 31.4 Å². The first-order chi connectivity index (χ1) is 43.6. The Bertz CT molecular complexity index is 2830. The summed E-state index contributed by atoms with van der Waals surface area (Å²) in [7, 11) is 2.86. The molecule has 4 aromatic rings. The van der Waals surface area contributed by atoms with Crippen LogP contribution >= 0.6 is 0 Å². The number of benzene rings is 3. The van der Waals surface area contributed by atoms with Gasteiger partial charge in [-0.25, -0.2) is 19.4 Å². The fraction of sp³-hybridized carbons (Fsp3) is 0.571. The van der Waals surface area contributed by atoms with Gasteiger partial charge in [0, 0.05) is 44.2 Å². The van der Waals surface area contributed by atoms with Gasteiger partial charge in [-0.2, -0.15) is 0 Å². The predicted molar refractivity (Wildman–Crippen MR) is 349 cm³/mol. The maximum absolute atomic E-state index is 15.4. The van der Waals surface area contributed by atoms with Gasteiger partial charge in [0.15, 0.2) is 5.78 Å². The van der Waals surface area contributed by atoms with Crippen molar-refractivity contribution >= 4 is 41.7 Å². The van der Waals surface area contributed by atoms with Gasteiger partial charge in [0.1, 0.15) is 30.4 Å². The highest BCUT2D eigenvalue weighted by Crippen LogP contribution is 2.31. The third-order valence-electron chi connectivity index (χ3n) is 14.6. The Morgan fingerprint density at radius 3 is 1.62 bits per heavy atom. The molecule has 0 spiro atoms. The number of nitrogens with zero attached hydrogens (tertiary/aromatic N) is 2. The lowest BCUT2D eigenvalue weighted by Gasteiger charge is -2.37. The number of hydrogen-bond acceptors (Lipinski definition) is 18. The first-order valence-corrected chi connectivity index (χ1v) is 31.6. The van der Waals surface area contributed by atoms with Gasteiger partial charge in [-0.15, -0.1) is 0 Å². The Kier molecular flexibility index (Phi) is 33.5. The third-order valence-corrected chi connectivity index (χ3v) is 14.6. The summed E-state index contributed by atoms with van der Waals surface area (Å²) in [6.07, 6.45) is -1.49. The number of alkyl carbamates (subject to hydrolysis) is 2. The molecule has 4 amide bonds. The molecule has 0 saturated heterocycles. The number of pyridine rings is 1. The predicted octanol–water partition coefficient (Wildman–Crippen LogP) is 9.06. The van der Waals surface area contributed by atoms with E-state index >= 15 is 9.59 Å². The lowest BCUT2D eigenvalue weighted by atomic mass is 9.78. The molecule has 22 heteroatoms. The minimum atomic E-state index is -1.30. The van der Waals surface area contributed by atoms with E-state index in [1.807, 2.05) is 159 Å². The van der Waals surface area contributed by atoms with Crippen molar-refractivity contribution in [1.29, 1.82) is 0 Å². The van der Waals surface area contributed by atoms with E-state index in [2.05, 4.69) is 26.4 Å². The van der Waals surface area contributed by atoms with Crippen LogP contribution in [0.5, 0.6) is 0 Å². The summed E-state index contributed by atoms with van der Waals surface area (Å²) in [6, 6.07) is 27.9. The number of ether oxygens (including phenoxy) is 9. The van der Waals surface area contributed by atoms with Gasteiger partial charge in [-0.1, -0.05) is 146 Å². The molecule has 0 radical (unpaired) electrons. The van der Waals surface area contributed by atoms with Crippen LogP contribution in [0.15, 0.2) is 109 Å². The molecule has 22 nitrogen and oxygen atoms in total. The molecule has 0 saturated carbocycles. The highest BCUT2D eigenvalue weighted by molar-refractivity contribution is 5.91. The maximum atomic E-state index is 15.4. The summed E-state index contributed by atoms with van der Waals surface area (Å²) in [6.45, 7) is 22.7. The largest absolute Gasteiger partial charge is 0.469 e. The fourth-order valence-electron chi connectivity index (χ4n) is 9.82. The third kappa shape index (κ3) is 30.4. The molecule has 4 N–H and O–H groups in total. The number of hydrazine groups is 1. The highest BCUT2D eigenvalue weighted by atomic mass is 16.6. The van der Waals surface area contributed by atoms with Gasteiger partial charge in [0.2, 0.25) is 11.8 Å². The number of carbonyl (C=O) groups is 7. The van der Waals surface area contributed by atoms with Gasteiger partial charge >= 0.3 is 24.1 Å². The van der Waals surface area contributed by atoms with E-state index in [1.54, 1.807) is 39.1 Å². The van der Waals surface area contributed by atoms with Crippen molar-refractivity contribution in [3.63, 3.8) is 0 Å². The average Bonchev–Trinajstić information content (AvgIpc) is 0.948. The molecular weight excluding hydrogens is 1180 g/mol. The molecule has 0 aliphatic rings. The zero-order chi connectivity index (χ0) is 67.7. The summed E-state index contributed by atoms with van der Waals surface area (Å²) in [5, 5.41) is 10.0. The fourth-order valence-corrected chi connectivity index (χ4v) is 9.82. The molecule has 3 aromatic carbocycles. The van der Waals surface area contributed by atoms with Crippen molar-refractivity contribution in [3.05, 3.63) is 126 Å². The number of aromatic nitrogens is 1. The molecule has 0 aliphatic carbocycles. The second-order valence-electron chi connectivity index (χ2n) is 26.2. The summed E-state index contributed by atoms with van der Waals surface area (Å²) in [5.41, 5.74) is 4.38. The summed E-state index contributed by atoms with van der Waals surface area (Å²) in [5.74, 6) is -5.04. The van der Waals surface area contributed by atoms with Crippen LogP contribution in [-0.4, -0.2) is 168 Å². The van der Waals surface area contributed by atoms with E-state index in [-0.39, 0.29) is 77.5 Å². The molecule has 0 unspecified atom stereocenters. The number of hydrogen-bond donors (Lipinski definition) is 4. The molecule has 1 aromatic heterocycles. The van der Waals surface area contributed by atoms with E-state index in [0.29, 0.717) is 39.6 Å². The number of nitrogens with one attached hydrogen (secondary N) is 4. The Hall–Kier alpha value is -7.34. The topological polar surface area (TPSA) is 267 Å². The lowest BCUT2D eigenvalue weighted by Crippen LogP contribution is -2.55. The number of ketones is 1. The zero-order valence-corrected chi connectivity index (χ0v) is 56.4. The Labute approximate surface area is 544 Å². The summed E-state index contributed by atoms with van der Waals surface area (Å²) >= 11 is 0. The average molecular weight is 1280 g/mol. The van der Waals surface area contributed by atoms with Crippen molar-refractivity contribution < 1.29 is 76.2 Å². The van der Waals surface area contributed by atoms with Crippen LogP contribution in [0.2, 0.25) is 0 Å². The molecule has 0 aliphatic heterocycles. The minimum Gasteiger partial charge on any atom is -0.469 e. The zero-order valence-electron chi connectivity index (χ0n) is 56.4. The van der Waals surface area contributed by atoms with Crippen LogP contribution in [0.3, 0.4) is 0 Å². The van der Waals surface area contributed by atoms with Crippen molar-refractivity contribution in [2.45, 2.75) is 145 Å². The standard InChI is InChI=1S/C70H102N6O16/c1-49(2)42-58(72-64(80)57(44-51-24-18-15-19-25-51)73-67(83)92-70(9,10)11)65(81)91-60(48-76(75-63(79)55(68(3,4)5)46-61(78)85-13)47-52-27-29-53(30-28-52)56-26-20-21-31-71-56)54(43-50-22-16-14-17-23-50)45-59(77)62(69(6,7)8)74-66(82)90-41-40-89-39-38-88-37-36-87-35-34-86-33-32-84-12/h14-31,49,54-55,57-58,60,62H,32-48H2,1-13H3,(H,72,80)(H,73,83)(H,74,82)(H,75,79)/t54-,55-,57+,58+,60+,62-/m1/s1. The van der Waals surface area contributed by atoms with Gasteiger partial charge in [0.05, 0.1) is 97.2 Å². The van der Waals surface area contributed by atoms with Crippen molar-refractivity contribution in [2.24, 2.45) is 28.6 Å². The molecule has 0 fully saturated rings. The smallest absolute Gasteiger partial charge is 0.408 e. The Morgan fingerprint density at radius 1 is 0.554 bits per heavy atom. The molecular formula is C70H102N6O16. The van der Waals surface area contributed by atoms with Crippen molar-refractivity contribution in [3.8, 4) is 11.3 Å². The highest BCUT2D eigenvalue weighted by Gasteiger charge is 2.41. The van der Waals surface area contributed by atoms with Gasteiger partial charge in [-0.3, -0.25) is 29.6 Å². The molecule has 6 atom stereocenters. The van der Waals surface area contributed by atoms with Gasteiger partial charge in [-0.05, 0) is 79.2 Å². The van der Waals surface area contributed by atoms with Crippen LogP contribution in [0.4, 0.5) is 9.59 Å². The van der Waals surface area contributed by atoms with Crippen LogP contribution < -0.4 is 21.4 Å². The minimum absolute atomic E-state index is 0.0310. The van der Waals surface area contributed by atoms with Crippen LogP contribution in [-0.2, 0) is 86.0 Å². The normalized spacial score (nSPS) is 13.8. The van der Waals surface area contributed by atoms with E-state index in [4.69, 9.17) is 42.6 Å². The molecule has 4 rings (SSSR count). The molecule has 92 heavy (non-hydrogen) atoms. The number of rotatable bonds is 40. The first kappa shape index (κ1) is 77.1. The first-order valence-electron chi connectivity index (χ1n) is 31.6. The molecule has 1 heterocycles. The van der Waals surface area contributed by atoms with Gasteiger partial charge in [0.25, 0.3) is 0 Å². The monoisotopic (exact) mass is 1280 g/mol. The number of Topliss-reactive ketones (excluding diaryl/α,β-unsaturated/α-hetero) is 1. The lowest BCUT2D eigenvalue weighted by molar-refractivity contribution is -0.160. The SMILES string of the molecule is COCCOCCOCCOCCOCCOC(=O)N[C@H](C(=O)C[C@@H](Cc1ccccc1)[C@H](CN(Cc1ccc(-c2ccccn2)cc1)NC(=O)[C@@H](CC(=O)OC)C(C)(C)C)OC(=O)[C@H](CC(C)C)NC(=O)[C@H](Cc1ccccc1)NC(=O)OC(C)(C)C)C(C)(C)C. The van der Waals surface area contributed by atoms with E-state index in [9.17, 15) is 24.0 Å². The second-order valence-corrected chi connectivity index (χ2v) is 26.2. The number of carbonyl (C=O) groups excluding carboxylic acids is 7. The number of amides is 4. The Balaban J connectivity index is 1.76. The maximum Gasteiger partial charge on any atom is 0.408 e. The molecule has 0 bridgehead atoms. The summed E-state index contributed by atoms with van der Waals surface area (Å²) < 4.78 is 50.0. The second kappa shape index (κ2) is 39.9. The Morgan fingerprint density at radius 2 is 1.11 bits per heavy atom. The van der Waals surface area contributed by atoms with Crippen molar-refractivity contribution in [2.75, 3.05) is 86.8 Å². The number of esters is 2. The van der Waals surface area contributed by atoms with Crippen LogP contribution in [0.1, 0.15) is 112 Å². The van der Waals surface area contributed by atoms with E-state index < -0.39 is 94.2 Å². The van der Waals surface area contributed by atoms with Crippen LogP contribution in [0, 0.1) is 28.6 Å². The van der Waals surface area contributed by atoms with E-state index in [0.717, 1.165) is 27.9 Å². The van der Waals surface area contributed by atoms with Gasteiger partial charge < -0.3 is 58.6 Å². The number of methoxy groups -OCH3 is 2. The van der Waals surface area contributed by atoms with Crippen LogP contribution in [0.25, 0.3) is 11.3 Å². The van der Waals surface area contributed by atoms with E-state index in [1.165, 1.54) is 7.11 Å². The quantitative estimate of drug-likeness (QED) is 0.0140.